The van der Waals surface area contributed by atoms with Gasteiger partial charge < -0.3 is 10.6 Å². The van der Waals surface area contributed by atoms with Crippen molar-refractivity contribution in [3.05, 3.63) is 59.7 Å². The van der Waals surface area contributed by atoms with E-state index in [1.54, 1.807) is 0 Å². The summed E-state index contributed by atoms with van der Waals surface area (Å²) in [6.45, 7) is 14.3. The minimum absolute atomic E-state index is 0.473. The van der Waals surface area contributed by atoms with E-state index < -0.39 is 0 Å². The number of amidine groups is 2. The monoisotopic (exact) mass is 378 g/mol. The number of anilines is 2. The van der Waals surface area contributed by atoms with Crippen LogP contribution in [0, 0.1) is 25.7 Å². The average Bonchev–Trinajstić information content (AvgIpc) is 2.65. The van der Waals surface area contributed by atoms with Crippen molar-refractivity contribution in [1.29, 1.82) is 0 Å². The number of aryl methyl sites for hydroxylation is 2. The van der Waals surface area contributed by atoms with Crippen LogP contribution in [0.2, 0.25) is 0 Å². The summed E-state index contributed by atoms with van der Waals surface area (Å²) in [7, 11) is 0. The Kier molecular flexibility index (Phi) is 8.24. The molecule has 0 aromatic heterocycles. The molecule has 0 heterocycles. The van der Waals surface area contributed by atoms with Gasteiger partial charge in [-0.15, -0.1) is 0 Å². The lowest BCUT2D eigenvalue weighted by Gasteiger charge is -2.16. The molecule has 0 fully saturated rings. The lowest BCUT2D eigenvalue weighted by atomic mass is 10.2. The zero-order valence-corrected chi connectivity index (χ0v) is 18.1. The molecule has 28 heavy (non-hydrogen) atoms. The third-order valence-corrected chi connectivity index (χ3v) is 4.08. The Labute approximate surface area is 170 Å². The molecule has 2 aromatic rings. The maximum absolute atomic E-state index is 4.85. The molecular weight excluding hydrogens is 344 g/mol. The molecule has 2 rings (SSSR count). The molecule has 2 N–H and O–H groups in total. The van der Waals surface area contributed by atoms with E-state index in [9.17, 15) is 0 Å². The van der Waals surface area contributed by atoms with Crippen molar-refractivity contribution >= 4 is 23.0 Å². The first-order chi connectivity index (χ1) is 13.3. The highest BCUT2D eigenvalue weighted by Gasteiger charge is 2.12. The van der Waals surface area contributed by atoms with E-state index >= 15 is 0 Å². The van der Waals surface area contributed by atoms with Crippen molar-refractivity contribution in [3.63, 3.8) is 0 Å². The van der Waals surface area contributed by atoms with Gasteiger partial charge in [0, 0.05) is 24.5 Å². The summed E-state index contributed by atoms with van der Waals surface area (Å²) in [4.78, 5) is 9.69. The Morgan fingerprint density at radius 3 is 1.25 bits per heavy atom. The van der Waals surface area contributed by atoms with Crippen LogP contribution in [0.5, 0.6) is 0 Å². The van der Waals surface area contributed by atoms with E-state index in [4.69, 9.17) is 9.98 Å². The van der Waals surface area contributed by atoms with Crippen molar-refractivity contribution < 1.29 is 0 Å². The maximum Gasteiger partial charge on any atom is 0.168 e. The second kappa shape index (κ2) is 10.6. The summed E-state index contributed by atoms with van der Waals surface area (Å²) in [6, 6.07) is 16.7. The third kappa shape index (κ3) is 7.55. The summed E-state index contributed by atoms with van der Waals surface area (Å²) in [5.41, 5.74) is 4.49. The van der Waals surface area contributed by atoms with Gasteiger partial charge in [-0.1, -0.05) is 63.1 Å². The zero-order valence-electron chi connectivity index (χ0n) is 18.1. The molecule has 0 aliphatic heterocycles. The smallest absolute Gasteiger partial charge is 0.168 e. The van der Waals surface area contributed by atoms with Gasteiger partial charge in [0.25, 0.3) is 0 Å². The first kappa shape index (κ1) is 21.7. The van der Waals surface area contributed by atoms with Crippen LogP contribution in [0.4, 0.5) is 11.4 Å². The van der Waals surface area contributed by atoms with Crippen LogP contribution in [-0.2, 0) is 0 Å². The van der Waals surface area contributed by atoms with Crippen LogP contribution in [-0.4, -0.2) is 24.8 Å². The van der Waals surface area contributed by atoms with E-state index in [-0.39, 0.29) is 0 Å². The Bertz CT molecular complexity index is 715. The van der Waals surface area contributed by atoms with Gasteiger partial charge >= 0.3 is 0 Å². The van der Waals surface area contributed by atoms with Crippen molar-refractivity contribution in [1.82, 2.24) is 0 Å². The second-order valence-corrected chi connectivity index (χ2v) is 8.15. The van der Waals surface area contributed by atoms with E-state index in [0.29, 0.717) is 11.8 Å². The molecule has 4 nitrogen and oxygen atoms in total. The van der Waals surface area contributed by atoms with Gasteiger partial charge in [0.2, 0.25) is 0 Å². The SMILES string of the molecule is Cc1ccc(NC(=NCC(C)C)C(=NCC(C)C)Nc2ccc(C)cc2)cc1. The Morgan fingerprint density at radius 1 is 0.643 bits per heavy atom. The van der Waals surface area contributed by atoms with Gasteiger partial charge in [-0.2, -0.15) is 0 Å². The lowest BCUT2D eigenvalue weighted by molar-refractivity contribution is 0.663. The fraction of sp³-hybridized carbons (Fsp3) is 0.417. The molecule has 0 bridgehead atoms. The number of hydrogen-bond acceptors (Lipinski definition) is 2. The topological polar surface area (TPSA) is 48.8 Å². The minimum atomic E-state index is 0.473. The molecule has 150 valence electrons. The van der Waals surface area contributed by atoms with Gasteiger partial charge in [0.15, 0.2) is 11.7 Å². The van der Waals surface area contributed by atoms with Gasteiger partial charge in [0.1, 0.15) is 0 Å². The van der Waals surface area contributed by atoms with Gasteiger partial charge in [0.05, 0.1) is 0 Å². The third-order valence-electron chi connectivity index (χ3n) is 4.08. The van der Waals surface area contributed by atoms with Crippen LogP contribution in [0.15, 0.2) is 58.5 Å². The second-order valence-electron chi connectivity index (χ2n) is 8.15. The summed E-state index contributed by atoms with van der Waals surface area (Å²) in [5.74, 6) is 2.50. The fourth-order valence-electron chi connectivity index (χ4n) is 2.44. The van der Waals surface area contributed by atoms with Crippen LogP contribution in [0.3, 0.4) is 0 Å². The predicted octanol–water partition coefficient (Wildman–Crippen LogP) is 5.94. The summed E-state index contributed by atoms with van der Waals surface area (Å²) < 4.78 is 0. The summed E-state index contributed by atoms with van der Waals surface area (Å²) in [6.07, 6.45) is 0. The number of nitrogens with zero attached hydrogens (tertiary/aromatic N) is 2. The summed E-state index contributed by atoms with van der Waals surface area (Å²) in [5, 5.41) is 6.95. The van der Waals surface area contributed by atoms with Crippen molar-refractivity contribution in [2.24, 2.45) is 21.8 Å². The number of aliphatic imine (C=N–C) groups is 2. The Balaban J connectivity index is 2.34. The lowest BCUT2D eigenvalue weighted by Crippen LogP contribution is -2.31. The highest BCUT2D eigenvalue weighted by atomic mass is 15.1. The van der Waals surface area contributed by atoms with E-state index in [2.05, 4.69) is 101 Å². The molecule has 4 heteroatoms. The molecule has 0 aliphatic carbocycles. The Morgan fingerprint density at radius 2 is 0.964 bits per heavy atom. The molecule has 0 spiro atoms. The molecule has 0 atom stereocenters. The van der Waals surface area contributed by atoms with Crippen molar-refractivity contribution in [3.8, 4) is 0 Å². The van der Waals surface area contributed by atoms with E-state index in [1.165, 1.54) is 11.1 Å². The number of hydrogen-bond donors (Lipinski definition) is 2. The van der Waals surface area contributed by atoms with Crippen molar-refractivity contribution in [2.75, 3.05) is 23.7 Å². The van der Waals surface area contributed by atoms with Crippen LogP contribution < -0.4 is 10.6 Å². The maximum atomic E-state index is 4.85. The number of benzene rings is 2. The van der Waals surface area contributed by atoms with E-state index in [1.807, 2.05) is 0 Å². The molecular formula is C24H34N4. The molecule has 0 saturated heterocycles. The standard InChI is InChI=1S/C24H34N4/c1-17(2)15-25-23(27-21-11-7-19(5)8-12-21)24(26-16-18(3)4)28-22-13-9-20(6)10-14-22/h7-14,17-18H,15-16H2,1-6H3,(H,25,27)(H,26,28). The van der Waals surface area contributed by atoms with E-state index in [0.717, 1.165) is 36.1 Å². The quantitative estimate of drug-likeness (QED) is 0.483. The predicted molar refractivity (Wildman–Crippen MR) is 124 cm³/mol. The van der Waals surface area contributed by atoms with Gasteiger partial charge in [-0.05, 0) is 49.9 Å². The molecule has 0 unspecified atom stereocenters. The zero-order chi connectivity index (χ0) is 20.5. The van der Waals surface area contributed by atoms with Gasteiger partial charge in [-0.25, -0.2) is 0 Å². The highest BCUT2D eigenvalue weighted by molar-refractivity contribution is 6.48. The van der Waals surface area contributed by atoms with Gasteiger partial charge in [-0.3, -0.25) is 9.98 Å². The first-order valence-electron chi connectivity index (χ1n) is 10.1. The average molecular weight is 379 g/mol. The first-order valence-corrected chi connectivity index (χ1v) is 10.1. The highest BCUT2D eigenvalue weighted by Crippen LogP contribution is 2.13. The van der Waals surface area contributed by atoms with Crippen LogP contribution in [0.25, 0.3) is 0 Å². The largest absolute Gasteiger partial charge is 0.337 e. The molecule has 0 aliphatic rings. The number of nitrogens with one attached hydrogen (secondary N) is 2. The summed E-state index contributed by atoms with van der Waals surface area (Å²) >= 11 is 0. The van der Waals surface area contributed by atoms with Crippen molar-refractivity contribution in [2.45, 2.75) is 41.5 Å². The molecule has 0 saturated carbocycles. The fourth-order valence-corrected chi connectivity index (χ4v) is 2.44. The normalized spacial score (nSPS) is 12.6. The molecule has 0 radical (unpaired) electrons. The number of rotatable bonds is 6. The molecule has 2 aromatic carbocycles. The minimum Gasteiger partial charge on any atom is -0.337 e. The Hall–Kier alpha value is -2.62. The van der Waals surface area contributed by atoms with Crippen LogP contribution >= 0.6 is 0 Å². The van der Waals surface area contributed by atoms with Crippen LogP contribution in [0.1, 0.15) is 38.8 Å². The molecule has 0 amide bonds.